The Morgan fingerprint density at radius 1 is 0.900 bits per heavy atom. The van der Waals surface area contributed by atoms with Gasteiger partial charge in [0, 0.05) is 19.2 Å². The van der Waals surface area contributed by atoms with E-state index in [-0.39, 0.29) is 18.3 Å². The van der Waals surface area contributed by atoms with Crippen LogP contribution in [-0.2, 0) is 17.9 Å². The maximum atomic E-state index is 13.6. The number of amides is 1. The average Bonchev–Trinajstić information content (AvgIpc) is 2.77. The topological polar surface area (TPSA) is 67.9 Å². The Balaban J connectivity index is 1.85. The summed E-state index contributed by atoms with van der Waals surface area (Å²) in [6, 6.07) is 24.3. The summed E-state index contributed by atoms with van der Waals surface area (Å²) in [6.07, 6.45) is 3.03. The van der Waals surface area contributed by atoms with Crippen molar-refractivity contribution in [3.05, 3.63) is 113 Å². The number of carbonyl (C=O) groups excluding carboxylic acids is 1. The minimum absolute atomic E-state index is 0.223. The highest BCUT2D eigenvalue weighted by atomic mass is 19.1. The van der Waals surface area contributed by atoms with Gasteiger partial charge in [-0.1, -0.05) is 42.5 Å². The van der Waals surface area contributed by atoms with Gasteiger partial charge >= 0.3 is 0 Å². The van der Waals surface area contributed by atoms with Crippen LogP contribution in [0.3, 0.4) is 0 Å². The van der Waals surface area contributed by atoms with Crippen molar-refractivity contribution in [3.63, 3.8) is 0 Å². The third-order valence-electron chi connectivity index (χ3n) is 4.52. The van der Waals surface area contributed by atoms with Gasteiger partial charge in [0.15, 0.2) is 0 Å². The summed E-state index contributed by atoms with van der Waals surface area (Å²) >= 11 is 0. The smallest absolute Gasteiger partial charge is 0.247 e. The highest BCUT2D eigenvalue weighted by Crippen LogP contribution is 2.15. The van der Waals surface area contributed by atoms with E-state index in [4.69, 9.17) is 5.26 Å². The monoisotopic (exact) mass is 395 g/mol. The standard InChI is InChI=1S/C25H18FN3O/c26-24-7-3-4-21(14-24)18-29(17-20-10-8-19(15-27)9-11-20)25(30)13-12-22-5-1-2-6-23(22)16-28/h1-14H,17-18H2/b13-12+. The zero-order valence-electron chi connectivity index (χ0n) is 16.1. The lowest BCUT2D eigenvalue weighted by Gasteiger charge is -2.22. The van der Waals surface area contributed by atoms with Crippen LogP contribution in [0.1, 0.15) is 27.8 Å². The molecule has 3 rings (SSSR count). The molecule has 0 radical (unpaired) electrons. The highest BCUT2D eigenvalue weighted by Gasteiger charge is 2.13. The Kier molecular flexibility index (Phi) is 6.71. The molecule has 0 fully saturated rings. The number of rotatable bonds is 6. The van der Waals surface area contributed by atoms with Gasteiger partial charge in [0.1, 0.15) is 5.82 Å². The van der Waals surface area contributed by atoms with Gasteiger partial charge in [0.25, 0.3) is 0 Å². The number of hydrogen-bond acceptors (Lipinski definition) is 3. The van der Waals surface area contributed by atoms with Crippen molar-refractivity contribution in [2.45, 2.75) is 13.1 Å². The molecular weight excluding hydrogens is 377 g/mol. The lowest BCUT2D eigenvalue weighted by Crippen LogP contribution is -2.28. The Hall–Kier alpha value is -4.22. The van der Waals surface area contributed by atoms with E-state index < -0.39 is 0 Å². The molecule has 0 aliphatic carbocycles. The summed E-state index contributed by atoms with van der Waals surface area (Å²) in [6.45, 7) is 0.520. The van der Waals surface area contributed by atoms with E-state index in [1.165, 1.54) is 18.2 Å². The predicted molar refractivity (Wildman–Crippen MR) is 112 cm³/mol. The molecule has 4 nitrogen and oxygen atoms in total. The molecular formula is C25H18FN3O. The van der Waals surface area contributed by atoms with Crippen LogP contribution in [0.15, 0.2) is 78.9 Å². The second-order valence-corrected chi connectivity index (χ2v) is 6.67. The van der Waals surface area contributed by atoms with Crippen molar-refractivity contribution in [3.8, 4) is 12.1 Å². The fraction of sp³-hybridized carbons (Fsp3) is 0.0800. The van der Waals surface area contributed by atoms with Crippen LogP contribution in [0.4, 0.5) is 4.39 Å². The molecule has 1 amide bonds. The summed E-state index contributed by atoms with van der Waals surface area (Å²) in [5.74, 6) is -0.631. The van der Waals surface area contributed by atoms with Gasteiger partial charge in [-0.05, 0) is 53.1 Å². The molecule has 5 heteroatoms. The molecule has 0 aliphatic rings. The zero-order chi connectivity index (χ0) is 21.3. The van der Waals surface area contributed by atoms with E-state index in [2.05, 4.69) is 12.1 Å². The van der Waals surface area contributed by atoms with Crippen molar-refractivity contribution in [2.24, 2.45) is 0 Å². The molecule has 0 atom stereocenters. The molecule has 0 N–H and O–H groups in total. The maximum absolute atomic E-state index is 13.6. The first-order valence-electron chi connectivity index (χ1n) is 9.28. The lowest BCUT2D eigenvalue weighted by atomic mass is 10.1. The normalized spacial score (nSPS) is 10.4. The van der Waals surface area contributed by atoms with Gasteiger partial charge in [0.2, 0.25) is 5.91 Å². The van der Waals surface area contributed by atoms with E-state index in [9.17, 15) is 14.4 Å². The number of benzene rings is 3. The molecule has 0 bridgehead atoms. The summed E-state index contributed by atoms with van der Waals surface area (Å²) in [5, 5.41) is 18.2. The van der Waals surface area contributed by atoms with Crippen LogP contribution in [0.2, 0.25) is 0 Å². The minimum Gasteiger partial charge on any atom is -0.331 e. The van der Waals surface area contributed by atoms with Crippen molar-refractivity contribution in [2.75, 3.05) is 0 Å². The largest absolute Gasteiger partial charge is 0.331 e. The number of carbonyl (C=O) groups is 1. The SMILES string of the molecule is N#Cc1ccc(CN(Cc2cccc(F)c2)C(=O)/C=C/c2ccccc2C#N)cc1. The molecule has 0 heterocycles. The summed E-state index contributed by atoms with van der Waals surface area (Å²) < 4.78 is 13.6. The fourth-order valence-corrected chi connectivity index (χ4v) is 2.98. The van der Waals surface area contributed by atoms with E-state index in [0.29, 0.717) is 28.8 Å². The molecule has 146 valence electrons. The van der Waals surface area contributed by atoms with Gasteiger partial charge in [-0.25, -0.2) is 4.39 Å². The number of halogens is 1. The fourth-order valence-electron chi connectivity index (χ4n) is 2.98. The molecule has 0 aromatic heterocycles. The van der Waals surface area contributed by atoms with Gasteiger partial charge in [0.05, 0.1) is 23.3 Å². The van der Waals surface area contributed by atoms with Gasteiger partial charge in [-0.2, -0.15) is 10.5 Å². The number of nitrogens with zero attached hydrogens (tertiary/aromatic N) is 3. The zero-order valence-corrected chi connectivity index (χ0v) is 16.1. The second-order valence-electron chi connectivity index (χ2n) is 6.67. The van der Waals surface area contributed by atoms with E-state index in [1.54, 1.807) is 71.6 Å². The van der Waals surface area contributed by atoms with E-state index in [0.717, 1.165) is 5.56 Å². The first kappa shape index (κ1) is 20.5. The van der Waals surface area contributed by atoms with Crippen LogP contribution in [0.25, 0.3) is 6.08 Å². The van der Waals surface area contributed by atoms with Gasteiger partial charge in [-0.3, -0.25) is 4.79 Å². The highest BCUT2D eigenvalue weighted by molar-refractivity contribution is 5.92. The Morgan fingerprint density at radius 2 is 1.63 bits per heavy atom. The molecule has 3 aromatic rings. The number of nitriles is 2. The van der Waals surface area contributed by atoms with Crippen LogP contribution >= 0.6 is 0 Å². The molecule has 30 heavy (non-hydrogen) atoms. The maximum Gasteiger partial charge on any atom is 0.247 e. The van der Waals surface area contributed by atoms with Crippen LogP contribution in [-0.4, -0.2) is 10.8 Å². The van der Waals surface area contributed by atoms with E-state index >= 15 is 0 Å². The average molecular weight is 395 g/mol. The quantitative estimate of drug-likeness (QED) is 0.563. The van der Waals surface area contributed by atoms with Crippen LogP contribution < -0.4 is 0 Å². The second kappa shape index (κ2) is 9.82. The lowest BCUT2D eigenvalue weighted by molar-refractivity contribution is -0.127. The third kappa shape index (κ3) is 5.41. The molecule has 0 unspecified atom stereocenters. The number of hydrogen-bond donors (Lipinski definition) is 0. The first-order valence-corrected chi connectivity index (χ1v) is 9.28. The molecule has 0 spiro atoms. The Bertz CT molecular complexity index is 1150. The first-order chi connectivity index (χ1) is 14.6. The van der Waals surface area contributed by atoms with Gasteiger partial charge < -0.3 is 4.90 Å². The summed E-state index contributed by atoms with van der Waals surface area (Å²) in [4.78, 5) is 14.5. The van der Waals surface area contributed by atoms with E-state index in [1.807, 2.05) is 0 Å². The van der Waals surface area contributed by atoms with Crippen LogP contribution in [0.5, 0.6) is 0 Å². The molecule has 0 aliphatic heterocycles. The molecule has 0 saturated heterocycles. The Labute approximate surface area is 174 Å². The predicted octanol–water partition coefficient (Wildman–Crippen LogP) is 4.81. The molecule has 0 saturated carbocycles. The van der Waals surface area contributed by atoms with Crippen molar-refractivity contribution in [1.29, 1.82) is 10.5 Å². The minimum atomic E-state index is -0.364. The van der Waals surface area contributed by atoms with Crippen molar-refractivity contribution < 1.29 is 9.18 Å². The van der Waals surface area contributed by atoms with Gasteiger partial charge in [-0.15, -0.1) is 0 Å². The van der Waals surface area contributed by atoms with Crippen molar-refractivity contribution in [1.82, 2.24) is 4.90 Å². The van der Waals surface area contributed by atoms with Crippen molar-refractivity contribution >= 4 is 12.0 Å². The Morgan fingerprint density at radius 3 is 2.33 bits per heavy atom. The van der Waals surface area contributed by atoms with Crippen LogP contribution in [0, 0.1) is 28.5 Å². The summed E-state index contributed by atoms with van der Waals surface area (Å²) in [5.41, 5.74) is 3.19. The summed E-state index contributed by atoms with van der Waals surface area (Å²) in [7, 11) is 0. The molecule has 3 aromatic carbocycles. The third-order valence-corrected chi connectivity index (χ3v) is 4.52.